The first-order valence-electron chi connectivity index (χ1n) is 8.55. The zero-order valence-electron chi connectivity index (χ0n) is 15.5. The topological polar surface area (TPSA) is 84.3 Å². The van der Waals surface area contributed by atoms with Crippen LogP contribution in [0.3, 0.4) is 0 Å². The molecule has 27 heavy (non-hydrogen) atoms. The van der Waals surface area contributed by atoms with Crippen molar-refractivity contribution in [3.05, 3.63) is 76.7 Å². The average molecular weight is 363 g/mol. The molecule has 0 aliphatic carbocycles. The van der Waals surface area contributed by atoms with Crippen LogP contribution in [0.5, 0.6) is 5.75 Å². The Morgan fingerprint density at radius 2 is 1.81 bits per heavy atom. The van der Waals surface area contributed by atoms with Crippen molar-refractivity contribution in [1.82, 2.24) is 9.97 Å². The number of phenols is 1. The number of phenolic OH excluding ortho intramolecular Hbond substituents is 1. The number of benzene rings is 2. The van der Waals surface area contributed by atoms with Crippen LogP contribution in [-0.2, 0) is 11.2 Å². The van der Waals surface area contributed by atoms with E-state index in [2.05, 4.69) is 15.3 Å². The number of carbonyl (C=O) groups excluding carboxylic acids is 1. The Morgan fingerprint density at radius 3 is 2.52 bits per heavy atom. The molecule has 0 atom stereocenters. The number of aryl methyl sites for hydroxylation is 2. The molecule has 0 spiro atoms. The Kier molecular flexibility index (Phi) is 5.35. The molecule has 0 aliphatic rings. The standard InChI is InChI=1S/C21H21N3O3/c1-13-17(12-15-8-5-4-6-9-15)20(23-14(2)22-13)24-18-11-7-10-16(19(18)25)21(26)27-3/h4-11,25H,12H2,1-3H3,(H,22,23,24). The van der Waals surface area contributed by atoms with Gasteiger partial charge in [0.2, 0.25) is 0 Å². The fourth-order valence-corrected chi connectivity index (χ4v) is 2.90. The van der Waals surface area contributed by atoms with Gasteiger partial charge >= 0.3 is 5.97 Å². The SMILES string of the molecule is COC(=O)c1cccc(Nc2nc(C)nc(C)c2Cc2ccccc2)c1O. The summed E-state index contributed by atoms with van der Waals surface area (Å²) in [6.07, 6.45) is 0.646. The highest BCUT2D eigenvalue weighted by Crippen LogP contribution is 2.32. The molecule has 0 radical (unpaired) electrons. The Hall–Kier alpha value is -3.41. The van der Waals surface area contributed by atoms with Gasteiger partial charge in [0.25, 0.3) is 0 Å². The van der Waals surface area contributed by atoms with Crippen molar-refractivity contribution >= 4 is 17.5 Å². The summed E-state index contributed by atoms with van der Waals surface area (Å²) in [7, 11) is 1.27. The largest absolute Gasteiger partial charge is 0.505 e. The number of para-hydroxylation sites is 1. The highest BCUT2D eigenvalue weighted by Gasteiger charge is 2.17. The summed E-state index contributed by atoms with van der Waals surface area (Å²) in [4.78, 5) is 20.8. The van der Waals surface area contributed by atoms with Gasteiger partial charge in [0.05, 0.1) is 12.8 Å². The maximum Gasteiger partial charge on any atom is 0.341 e. The Morgan fingerprint density at radius 1 is 1.07 bits per heavy atom. The van der Waals surface area contributed by atoms with Crippen LogP contribution in [0.1, 0.15) is 33.0 Å². The second-order valence-electron chi connectivity index (χ2n) is 6.16. The summed E-state index contributed by atoms with van der Waals surface area (Å²) < 4.78 is 4.71. The number of esters is 1. The molecule has 0 amide bonds. The number of hydrogen-bond donors (Lipinski definition) is 2. The number of aromatic nitrogens is 2. The van der Waals surface area contributed by atoms with Gasteiger partial charge in [-0.15, -0.1) is 0 Å². The van der Waals surface area contributed by atoms with Gasteiger partial charge in [0.15, 0.2) is 5.75 Å². The van der Waals surface area contributed by atoms with Crippen LogP contribution in [0, 0.1) is 13.8 Å². The van der Waals surface area contributed by atoms with Crippen molar-refractivity contribution < 1.29 is 14.6 Å². The number of hydrogen-bond acceptors (Lipinski definition) is 6. The van der Waals surface area contributed by atoms with E-state index in [-0.39, 0.29) is 11.3 Å². The molecule has 6 nitrogen and oxygen atoms in total. The van der Waals surface area contributed by atoms with Crippen molar-refractivity contribution in [2.24, 2.45) is 0 Å². The molecule has 0 fully saturated rings. The summed E-state index contributed by atoms with van der Waals surface area (Å²) in [5, 5.41) is 13.6. The lowest BCUT2D eigenvalue weighted by atomic mass is 10.0. The molecule has 2 N–H and O–H groups in total. The third kappa shape index (κ3) is 4.06. The van der Waals surface area contributed by atoms with E-state index in [0.29, 0.717) is 23.8 Å². The minimum absolute atomic E-state index is 0.0922. The predicted octanol–water partition coefficient (Wildman–Crippen LogP) is 3.92. The summed E-state index contributed by atoms with van der Waals surface area (Å²) in [6.45, 7) is 3.75. The number of carbonyl (C=O) groups is 1. The molecule has 3 rings (SSSR count). The summed E-state index contributed by atoms with van der Waals surface area (Å²) in [5.74, 6) is 0.441. The first-order valence-corrected chi connectivity index (χ1v) is 8.55. The van der Waals surface area contributed by atoms with Gasteiger partial charge in [-0.1, -0.05) is 36.4 Å². The van der Waals surface area contributed by atoms with E-state index >= 15 is 0 Å². The molecular weight excluding hydrogens is 342 g/mol. The van der Waals surface area contributed by atoms with Crippen LogP contribution in [0.25, 0.3) is 0 Å². The zero-order chi connectivity index (χ0) is 19.4. The van der Waals surface area contributed by atoms with Crippen LogP contribution >= 0.6 is 0 Å². The Labute approximate surface area is 157 Å². The molecule has 138 valence electrons. The molecule has 1 heterocycles. The lowest BCUT2D eigenvalue weighted by Gasteiger charge is -2.16. The smallest absolute Gasteiger partial charge is 0.341 e. The van der Waals surface area contributed by atoms with E-state index in [0.717, 1.165) is 16.8 Å². The van der Waals surface area contributed by atoms with Gasteiger partial charge in [0, 0.05) is 17.7 Å². The molecule has 0 saturated carbocycles. The third-order valence-electron chi connectivity index (χ3n) is 4.24. The fraction of sp³-hybridized carbons (Fsp3) is 0.190. The van der Waals surface area contributed by atoms with Crippen LogP contribution in [0.15, 0.2) is 48.5 Å². The Balaban J connectivity index is 2.01. The lowest BCUT2D eigenvalue weighted by Crippen LogP contribution is -2.08. The zero-order valence-corrected chi connectivity index (χ0v) is 15.5. The van der Waals surface area contributed by atoms with E-state index < -0.39 is 5.97 Å². The quantitative estimate of drug-likeness (QED) is 0.528. The number of nitrogens with one attached hydrogen (secondary N) is 1. The van der Waals surface area contributed by atoms with Crippen molar-refractivity contribution in [2.75, 3.05) is 12.4 Å². The van der Waals surface area contributed by atoms with Crippen LogP contribution in [0.2, 0.25) is 0 Å². The molecule has 0 unspecified atom stereocenters. The van der Waals surface area contributed by atoms with E-state index in [1.54, 1.807) is 12.1 Å². The molecule has 3 aromatic rings. The molecular formula is C21H21N3O3. The van der Waals surface area contributed by atoms with Crippen molar-refractivity contribution in [1.29, 1.82) is 0 Å². The van der Waals surface area contributed by atoms with Crippen molar-refractivity contribution in [2.45, 2.75) is 20.3 Å². The number of nitrogens with zero attached hydrogens (tertiary/aromatic N) is 2. The highest BCUT2D eigenvalue weighted by atomic mass is 16.5. The van der Waals surface area contributed by atoms with E-state index in [9.17, 15) is 9.90 Å². The van der Waals surface area contributed by atoms with E-state index in [1.165, 1.54) is 13.2 Å². The maximum absolute atomic E-state index is 11.8. The molecule has 0 aliphatic heterocycles. The summed E-state index contributed by atoms with van der Waals surface area (Å²) in [6, 6.07) is 14.9. The third-order valence-corrected chi connectivity index (χ3v) is 4.24. The summed E-state index contributed by atoms with van der Waals surface area (Å²) in [5.41, 5.74) is 3.38. The molecule has 0 saturated heterocycles. The van der Waals surface area contributed by atoms with Crippen LogP contribution in [0.4, 0.5) is 11.5 Å². The minimum atomic E-state index is -0.601. The second kappa shape index (κ2) is 7.86. The monoisotopic (exact) mass is 363 g/mol. The lowest BCUT2D eigenvalue weighted by molar-refractivity contribution is 0.0597. The minimum Gasteiger partial charge on any atom is -0.505 e. The first kappa shape index (κ1) is 18.4. The molecule has 0 bridgehead atoms. The first-order chi connectivity index (χ1) is 13.0. The van der Waals surface area contributed by atoms with Crippen LogP contribution in [-0.4, -0.2) is 28.2 Å². The van der Waals surface area contributed by atoms with E-state index in [4.69, 9.17) is 4.74 Å². The number of anilines is 2. The predicted molar refractivity (Wildman–Crippen MR) is 103 cm³/mol. The second-order valence-corrected chi connectivity index (χ2v) is 6.16. The number of methoxy groups -OCH3 is 1. The van der Waals surface area contributed by atoms with Gasteiger partial charge in [-0.05, 0) is 31.5 Å². The maximum atomic E-state index is 11.8. The number of ether oxygens (including phenoxy) is 1. The highest BCUT2D eigenvalue weighted by molar-refractivity contribution is 5.95. The molecule has 6 heteroatoms. The van der Waals surface area contributed by atoms with Crippen molar-refractivity contribution in [3.63, 3.8) is 0 Å². The van der Waals surface area contributed by atoms with Crippen molar-refractivity contribution in [3.8, 4) is 5.75 Å². The van der Waals surface area contributed by atoms with Gasteiger partial charge < -0.3 is 15.2 Å². The van der Waals surface area contributed by atoms with E-state index in [1.807, 2.05) is 44.2 Å². The number of rotatable bonds is 5. The fourth-order valence-electron chi connectivity index (χ4n) is 2.90. The normalized spacial score (nSPS) is 10.5. The number of aromatic hydroxyl groups is 1. The average Bonchev–Trinajstić information content (AvgIpc) is 2.66. The van der Waals surface area contributed by atoms with Crippen LogP contribution < -0.4 is 5.32 Å². The van der Waals surface area contributed by atoms with Gasteiger partial charge in [-0.25, -0.2) is 14.8 Å². The van der Waals surface area contributed by atoms with Gasteiger partial charge in [0.1, 0.15) is 17.2 Å². The molecule has 2 aromatic carbocycles. The van der Waals surface area contributed by atoms with Gasteiger partial charge in [-0.2, -0.15) is 0 Å². The van der Waals surface area contributed by atoms with Gasteiger partial charge in [-0.3, -0.25) is 0 Å². The summed E-state index contributed by atoms with van der Waals surface area (Å²) >= 11 is 0. The molecule has 1 aromatic heterocycles. The Bertz CT molecular complexity index is 972.